The summed E-state index contributed by atoms with van der Waals surface area (Å²) in [4.78, 5) is 2.06. The molecule has 0 aliphatic heterocycles. The monoisotopic (exact) mass is 232 g/mol. The summed E-state index contributed by atoms with van der Waals surface area (Å²) in [6, 6.07) is 5.79. The van der Waals surface area contributed by atoms with Crippen molar-refractivity contribution in [3.8, 4) is 0 Å². The molecule has 0 aliphatic rings. The molecule has 1 atom stereocenters. The molecule has 0 amide bonds. The van der Waals surface area contributed by atoms with Gasteiger partial charge in [-0.15, -0.1) is 0 Å². The fourth-order valence-corrected chi connectivity index (χ4v) is 1.67. The SMILES string of the molecule is CN(C)[C@@H](CN)c1ccc(Cl)c(Cl)c1. The lowest BCUT2D eigenvalue weighted by atomic mass is 10.1. The highest BCUT2D eigenvalue weighted by Crippen LogP contribution is 2.26. The van der Waals surface area contributed by atoms with E-state index in [2.05, 4.69) is 4.90 Å². The zero-order valence-corrected chi connectivity index (χ0v) is 9.81. The van der Waals surface area contributed by atoms with Gasteiger partial charge in [0.15, 0.2) is 0 Å². The Hall–Kier alpha value is -0.280. The van der Waals surface area contributed by atoms with E-state index in [1.54, 1.807) is 6.07 Å². The van der Waals surface area contributed by atoms with Crippen LogP contribution in [0.5, 0.6) is 0 Å². The zero-order chi connectivity index (χ0) is 10.7. The van der Waals surface area contributed by atoms with Crippen molar-refractivity contribution in [1.82, 2.24) is 4.90 Å². The molecule has 0 radical (unpaired) electrons. The van der Waals surface area contributed by atoms with Crippen molar-refractivity contribution in [3.05, 3.63) is 33.8 Å². The van der Waals surface area contributed by atoms with Gasteiger partial charge < -0.3 is 10.6 Å². The van der Waals surface area contributed by atoms with Crippen molar-refractivity contribution < 1.29 is 0 Å². The maximum Gasteiger partial charge on any atom is 0.0595 e. The Morgan fingerprint density at radius 2 is 1.93 bits per heavy atom. The predicted molar refractivity (Wildman–Crippen MR) is 61.9 cm³/mol. The van der Waals surface area contributed by atoms with Crippen molar-refractivity contribution in [3.63, 3.8) is 0 Å². The third-order valence-corrected chi connectivity index (χ3v) is 2.91. The smallest absolute Gasteiger partial charge is 0.0595 e. The molecule has 0 bridgehead atoms. The Morgan fingerprint density at radius 3 is 2.36 bits per heavy atom. The maximum absolute atomic E-state index is 5.93. The molecule has 0 aromatic heterocycles. The lowest BCUT2D eigenvalue weighted by molar-refractivity contribution is 0.306. The highest BCUT2D eigenvalue weighted by Gasteiger charge is 2.12. The van der Waals surface area contributed by atoms with Crippen LogP contribution in [0.3, 0.4) is 0 Å². The number of benzene rings is 1. The molecular formula is C10H14Cl2N2. The van der Waals surface area contributed by atoms with E-state index in [0.29, 0.717) is 16.6 Å². The van der Waals surface area contributed by atoms with Crippen LogP contribution in [0.4, 0.5) is 0 Å². The molecule has 4 heteroatoms. The average molecular weight is 233 g/mol. The first-order valence-corrected chi connectivity index (χ1v) is 5.13. The minimum Gasteiger partial charge on any atom is -0.329 e. The highest BCUT2D eigenvalue weighted by molar-refractivity contribution is 6.42. The summed E-state index contributed by atoms with van der Waals surface area (Å²) >= 11 is 11.8. The van der Waals surface area contributed by atoms with E-state index in [0.717, 1.165) is 5.56 Å². The van der Waals surface area contributed by atoms with Gasteiger partial charge in [-0.2, -0.15) is 0 Å². The van der Waals surface area contributed by atoms with Crippen LogP contribution in [-0.4, -0.2) is 25.5 Å². The molecule has 1 rings (SSSR count). The van der Waals surface area contributed by atoms with Crippen molar-refractivity contribution in [2.24, 2.45) is 5.73 Å². The van der Waals surface area contributed by atoms with Crippen molar-refractivity contribution >= 4 is 23.2 Å². The van der Waals surface area contributed by atoms with Gasteiger partial charge in [-0.25, -0.2) is 0 Å². The van der Waals surface area contributed by atoms with Crippen LogP contribution in [-0.2, 0) is 0 Å². The van der Waals surface area contributed by atoms with Gasteiger partial charge in [0.05, 0.1) is 10.0 Å². The first-order valence-electron chi connectivity index (χ1n) is 4.37. The Bertz CT molecular complexity index is 313. The minimum atomic E-state index is 0.185. The number of nitrogens with two attached hydrogens (primary N) is 1. The first kappa shape index (κ1) is 11.8. The van der Waals surface area contributed by atoms with Gasteiger partial charge in [-0.1, -0.05) is 29.3 Å². The van der Waals surface area contributed by atoms with Gasteiger partial charge in [-0.3, -0.25) is 0 Å². The minimum absolute atomic E-state index is 0.185. The summed E-state index contributed by atoms with van der Waals surface area (Å²) in [6.45, 7) is 0.560. The van der Waals surface area contributed by atoms with Gasteiger partial charge in [0.25, 0.3) is 0 Å². The molecule has 0 unspecified atom stereocenters. The average Bonchev–Trinajstić information content (AvgIpc) is 2.11. The van der Waals surface area contributed by atoms with Gasteiger partial charge in [0.1, 0.15) is 0 Å². The molecular weight excluding hydrogens is 219 g/mol. The Balaban J connectivity index is 3.00. The van der Waals surface area contributed by atoms with E-state index in [-0.39, 0.29) is 6.04 Å². The van der Waals surface area contributed by atoms with Crippen LogP contribution in [0.2, 0.25) is 10.0 Å². The summed E-state index contributed by atoms with van der Waals surface area (Å²) in [5.41, 5.74) is 6.77. The van der Waals surface area contributed by atoms with Crippen LogP contribution >= 0.6 is 23.2 Å². The third kappa shape index (κ3) is 2.61. The van der Waals surface area contributed by atoms with Crippen LogP contribution in [0, 0.1) is 0 Å². The lowest BCUT2D eigenvalue weighted by Crippen LogP contribution is -2.27. The lowest BCUT2D eigenvalue weighted by Gasteiger charge is -2.23. The van der Waals surface area contributed by atoms with E-state index in [9.17, 15) is 0 Å². The molecule has 78 valence electrons. The Morgan fingerprint density at radius 1 is 1.29 bits per heavy atom. The van der Waals surface area contributed by atoms with Crippen LogP contribution in [0.1, 0.15) is 11.6 Å². The number of halogens is 2. The fraction of sp³-hybridized carbons (Fsp3) is 0.400. The van der Waals surface area contributed by atoms with Crippen molar-refractivity contribution in [2.45, 2.75) is 6.04 Å². The Labute approximate surface area is 94.6 Å². The number of nitrogens with zero attached hydrogens (tertiary/aromatic N) is 1. The second-order valence-corrected chi connectivity index (χ2v) is 4.20. The van der Waals surface area contributed by atoms with E-state index in [4.69, 9.17) is 28.9 Å². The quantitative estimate of drug-likeness (QED) is 0.869. The van der Waals surface area contributed by atoms with Gasteiger partial charge in [-0.05, 0) is 31.8 Å². The fourth-order valence-electron chi connectivity index (χ4n) is 1.36. The molecule has 2 N–H and O–H groups in total. The van der Waals surface area contributed by atoms with Gasteiger partial charge in [0.2, 0.25) is 0 Å². The summed E-state index contributed by atoms with van der Waals surface area (Å²) in [5, 5.41) is 1.15. The summed E-state index contributed by atoms with van der Waals surface area (Å²) < 4.78 is 0. The normalized spacial score (nSPS) is 13.3. The second kappa shape index (κ2) is 4.99. The second-order valence-electron chi connectivity index (χ2n) is 3.39. The number of likely N-dealkylation sites (N-methyl/N-ethyl adjacent to an activating group) is 1. The Kier molecular flexibility index (Phi) is 4.20. The van der Waals surface area contributed by atoms with Crippen molar-refractivity contribution in [2.75, 3.05) is 20.6 Å². The van der Waals surface area contributed by atoms with E-state index >= 15 is 0 Å². The summed E-state index contributed by atoms with van der Waals surface area (Å²) in [5.74, 6) is 0. The van der Waals surface area contributed by atoms with Gasteiger partial charge >= 0.3 is 0 Å². The molecule has 0 saturated heterocycles. The molecule has 0 spiro atoms. The number of hydrogen-bond donors (Lipinski definition) is 1. The summed E-state index contributed by atoms with van der Waals surface area (Å²) in [6.07, 6.45) is 0. The largest absolute Gasteiger partial charge is 0.329 e. The molecule has 0 heterocycles. The highest BCUT2D eigenvalue weighted by atomic mass is 35.5. The third-order valence-electron chi connectivity index (χ3n) is 2.18. The number of rotatable bonds is 3. The number of hydrogen-bond acceptors (Lipinski definition) is 2. The van der Waals surface area contributed by atoms with E-state index in [1.165, 1.54) is 0 Å². The topological polar surface area (TPSA) is 29.3 Å². The van der Waals surface area contributed by atoms with Gasteiger partial charge in [0, 0.05) is 12.6 Å². The predicted octanol–water partition coefficient (Wildman–Crippen LogP) is 2.55. The molecule has 14 heavy (non-hydrogen) atoms. The van der Waals surface area contributed by atoms with E-state index in [1.807, 2.05) is 26.2 Å². The molecule has 2 nitrogen and oxygen atoms in total. The molecule has 1 aromatic carbocycles. The van der Waals surface area contributed by atoms with Crippen LogP contribution in [0.15, 0.2) is 18.2 Å². The van der Waals surface area contributed by atoms with E-state index < -0.39 is 0 Å². The van der Waals surface area contributed by atoms with Crippen molar-refractivity contribution in [1.29, 1.82) is 0 Å². The molecule has 1 aromatic rings. The molecule has 0 aliphatic carbocycles. The molecule has 0 saturated carbocycles. The zero-order valence-electron chi connectivity index (χ0n) is 8.30. The van der Waals surface area contributed by atoms with Crippen LogP contribution < -0.4 is 5.73 Å². The first-order chi connectivity index (χ1) is 6.56. The maximum atomic E-state index is 5.93. The van der Waals surface area contributed by atoms with Crippen LogP contribution in [0.25, 0.3) is 0 Å². The standard InChI is InChI=1S/C10H14Cl2N2/c1-14(2)10(6-13)7-3-4-8(11)9(12)5-7/h3-5,10H,6,13H2,1-2H3/t10-/m0/s1. The summed E-state index contributed by atoms with van der Waals surface area (Å²) in [7, 11) is 3.97. The molecule has 0 fully saturated rings.